The van der Waals surface area contributed by atoms with Gasteiger partial charge in [-0.2, -0.15) is 0 Å². The van der Waals surface area contributed by atoms with Crippen molar-refractivity contribution in [1.29, 1.82) is 0 Å². The third kappa shape index (κ3) is 2.16. The first kappa shape index (κ1) is 7.95. The minimum atomic E-state index is 0.409. The summed E-state index contributed by atoms with van der Waals surface area (Å²) in [5.74, 6) is 0. The summed E-state index contributed by atoms with van der Waals surface area (Å²) in [5.41, 5.74) is 1.30. The first-order valence-corrected chi connectivity index (χ1v) is 3.42. The zero-order valence-corrected chi connectivity index (χ0v) is 6.19. The predicted molar refractivity (Wildman–Crippen MR) is 42.3 cm³/mol. The lowest BCUT2D eigenvalue weighted by molar-refractivity contribution is -0.0979. The van der Waals surface area contributed by atoms with Gasteiger partial charge in [0.25, 0.3) is 0 Å². The molecule has 0 saturated carbocycles. The molecule has 1 aromatic carbocycles. The van der Waals surface area contributed by atoms with E-state index in [0.29, 0.717) is 6.10 Å². The Morgan fingerprint density at radius 1 is 1.27 bits per heavy atom. The summed E-state index contributed by atoms with van der Waals surface area (Å²) >= 11 is 0. The van der Waals surface area contributed by atoms with Gasteiger partial charge >= 0.3 is 0 Å². The number of ether oxygens (including phenoxy) is 1. The summed E-state index contributed by atoms with van der Waals surface area (Å²) in [6.45, 7) is 2.91. The molecule has 58 valence electrons. The van der Waals surface area contributed by atoms with E-state index in [4.69, 9.17) is 9.53 Å². The maximum absolute atomic E-state index is 8.00. The zero-order chi connectivity index (χ0) is 8.10. The van der Waals surface area contributed by atoms with Crippen LogP contribution in [0.5, 0.6) is 0 Å². The lowest BCUT2D eigenvalue weighted by atomic mass is 10.2. The van der Waals surface area contributed by atoms with E-state index in [2.05, 4.69) is 12.1 Å². The molecular weight excluding hydrogens is 140 g/mol. The number of rotatable bonds is 1. The summed E-state index contributed by atoms with van der Waals surface area (Å²) < 4.78 is 5.09. The molecule has 1 aliphatic rings. The van der Waals surface area contributed by atoms with Crippen LogP contribution >= 0.6 is 0 Å². The lowest BCUT2D eigenvalue weighted by Gasteiger charge is -1.89. The van der Waals surface area contributed by atoms with Gasteiger partial charge in [-0.1, -0.05) is 30.3 Å². The van der Waals surface area contributed by atoms with E-state index in [1.54, 1.807) is 0 Å². The van der Waals surface area contributed by atoms with Gasteiger partial charge in [0.2, 0.25) is 0 Å². The van der Waals surface area contributed by atoms with Gasteiger partial charge in [-0.15, -0.1) is 0 Å². The van der Waals surface area contributed by atoms with Crippen molar-refractivity contribution < 1.29 is 9.53 Å². The number of epoxide rings is 1. The molecule has 1 aromatic rings. The van der Waals surface area contributed by atoms with Crippen LogP contribution < -0.4 is 0 Å². The van der Waals surface area contributed by atoms with Crippen LogP contribution in [0.25, 0.3) is 0 Å². The van der Waals surface area contributed by atoms with E-state index in [-0.39, 0.29) is 0 Å². The highest BCUT2D eigenvalue weighted by Gasteiger charge is 2.23. The Bertz CT molecular complexity index is 204. The van der Waals surface area contributed by atoms with Crippen molar-refractivity contribution in [2.24, 2.45) is 0 Å². The fourth-order valence-electron chi connectivity index (χ4n) is 0.908. The van der Waals surface area contributed by atoms with E-state index in [9.17, 15) is 0 Å². The highest BCUT2D eigenvalue weighted by atomic mass is 16.6. The van der Waals surface area contributed by atoms with Gasteiger partial charge in [-0.25, -0.2) is 0 Å². The van der Waals surface area contributed by atoms with Gasteiger partial charge in [0.05, 0.1) is 6.61 Å². The molecule has 0 aliphatic carbocycles. The number of hydrogen-bond donors (Lipinski definition) is 0. The molecule has 1 fully saturated rings. The second-order valence-corrected chi connectivity index (χ2v) is 2.23. The van der Waals surface area contributed by atoms with Crippen molar-refractivity contribution >= 4 is 6.79 Å². The van der Waals surface area contributed by atoms with Crippen LogP contribution in [-0.2, 0) is 9.53 Å². The molecule has 2 heteroatoms. The minimum Gasteiger partial charge on any atom is -0.368 e. The molecule has 1 saturated heterocycles. The smallest absolute Gasteiger partial charge is 0.106 e. The second-order valence-electron chi connectivity index (χ2n) is 2.23. The Morgan fingerprint density at radius 3 is 2.27 bits per heavy atom. The van der Waals surface area contributed by atoms with Crippen molar-refractivity contribution in [1.82, 2.24) is 0 Å². The van der Waals surface area contributed by atoms with Crippen LogP contribution in [0.3, 0.4) is 0 Å². The molecule has 1 aliphatic heterocycles. The summed E-state index contributed by atoms with van der Waals surface area (Å²) in [4.78, 5) is 8.00. The Balaban J connectivity index is 0.000000281. The highest BCUT2D eigenvalue weighted by molar-refractivity contribution is 5.19. The molecule has 0 aromatic heterocycles. The molecule has 0 amide bonds. The Hall–Kier alpha value is -1.15. The van der Waals surface area contributed by atoms with Crippen LogP contribution in [0.4, 0.5) is 0 Å². The normalized spacial score (nSPS) is 19.8. The Labute approximate surface area is 65.8 Å². The quantitative estimate of drug-likeness (QED) is 0.569. The van der Waals surface area contributed by atoms with Crippen LogP contribution in [0.1, 0.15) is 11.7 Å². The van der Waals surface area contributed by atoms with E-state index in [1.807, 2.05) is 25.0 Å². The molecule has 1 unspecified atom stereocenters. The van der Waals surface area contributed by atoms with Gasteiger partial charge < -0.3 is 9.53 Å². The molecule has 2 nitrogen and oxygen atoms in total. The van der Waals surface area contributed by atoms with Gasteiger partial charge in [0, 0.05) is 0 Å². The van der Waals surface area contributed by atoms with Crippen molar-refractivity contribution in [3.8, 4) is 0 Å². The fourth-order valence-corrected chi connectivity index (χ4v) is 0.908. The molecular formula is C9H10O2. The van der Waals surface area contributed by atoms with E-state index < -0.39 is 0 Å². The predicted octanol–water partition coefficient (Wildman–Crippen LogP) is 1.57. The topological polar surface area (TPSA) is 29.6 Å². The monoisotopic (exact) mass is 150 g/mol. The fraction of sp³-hybridized carbons (Fsp3) is 0.222. The van der Waals surface area contributed by atoms with Crippen molar-refractivity contribution in [2.45, 2.75) is 6.10 Å². The van der Waals surface area contributed by atoms with Crippen molar-refractivity contribution in [3.05, 3.63) is 35.9 Å². The Kier molecular flexibility index (Phi) is 2.81. The molecule has 0 bridgehead atoms. The number of benzene rings is 1. The van der Waals surface area contributed by atoms with Gasteiger partial charge in [0.15, 0.2) is 0 Å². The lowest BCUT2D eigenvalue weighted by Crippen LogP contribution is -1.75. The van der Waals surface area contributed by atoms with E-state index >= 15 is 0 Å². The maximum atomic E-state index is 8.00. The van der Waals surface area contributed by atoms with Crippen LogP contribution in [0, 0.1) is 0 Å². The second kappa shape index (κ2) is 3.88. The van der Waals surface area contributed by atoms with Crippen molar-refractivity contribution in [2.75, 3.05) is 6.61 Å². The average Bonchev–Trinajstić information content (AvgIpc) is 2.92. The first-order valence-electron chi connectivity index (χ1n) is 3.42. The highest BCUT2D eigenvalue weighted by Crippen LogP contribution is 2.28. The molecule has 1 atom stereocenters. The number of hydrogen-bond acceptors (Lipinski definition) is 2. The molecule has 0 radical (unpaired) electrons. The van der Waals surface area contributed by atoms with Crippen molar-refractivity contribution in [3.63, 3.8) is 0 Å². The van der Waals surface area contributed by atoms with Crippen LogP contribution in [-0.4, -0.2) is 13.4 Å². The summed E-state index contributed by atoms with van der Waals surface area (Å²) in [5, 5.41) is 0. The third-order valence-electron chi connectivity index (χ3n) is 1.50. The average molecular weight is 150 g/mol. The molecule has 0 spiro atoms. The molecule has 0 N–H and O–H groups in total. The zero-order valence-electron chi connectivity index (χ0n) is 6.19. The standard InChI is InChI=1S/C8H8O.CH2O/c1-2-4-7(5-3-1)8-6-9-8;1-2/h1-5,8H,6H2;1H2. The van der Waals surface area contributed by atoms with Crippen LogP contribution in [0.2, 0.25) is 0 Å². The molecule has 2 rings (SSSR count). The number of carbonyl (C=O) groups excluding carboxylic acids is 1. The summed E-state index contributed by atoms with van der Waals surface area (Å²) in [6.07, 6.45) is 0.409. The van der Waals surface area contributed by atoms with Gasteiger partial charge in [0.1, 0.15) is 12.9 Å². The summed E-state index contributed by atoms with van der Waals surface area (Å²) in [6, 6.07) is 10.3. The molecule has 1 heterocycles. The third-order valence-corrected chi connectivity index (χ3v) is 1.50. The maximum Gasteiger partial charge on any atom is 0.106 e. The van der Waals surface area contributed by atoms with Gasteiger partial charge in [-0.05, 0) is 5.56 Å². The minimum absolute atomic E-state index is 0.409. The first-order chi connectivity index (χ1) is 5.47. The largest absolute Gasteiger partial charge is 0.368 e. The molecule has 11 heavy (non-hydrogen) atoms. The summed E-state index contributed by atoms with van der Waals surface area (Å²) in [7, 11) is 0. The Morgan fingerprint density at radius 2 is 1.82 bits per heavy atom. The number of carbonyl (C=O) groups is 1. The van der Waals surface area contributed by atoms with E-state index in [0.717, 1.165) is 6.61 Å². The van der Waals surface area contributed by atoms with E-state index in [1.165, 1.54) is 5.56 Å². The van der Waals surface area contributed by atoms with Crippen LogP contribution in [0.15, 0.2) is 30.3 Å². The van der Waals surface area contributed by atoms with Gasteiger partial charge in [-0.3, -0.25) is 0 Å². The SMILES string of the molecule is C=O.c1ccc(C2CO2)cc1.